The molecule has 0 unspecified atom stereocenters. The fraction of sp³-hybridized carbons (Fsp3) is 0.929. The number of hydrogen-bond acceptors (Lipinski definition) is 4. The molecule has 22 heavy (non-hydrogen) atoms. The van der Waals surface area contributed by atoms with E-state index in [1.54, 1.807) is 0 Å². The Morgan fingerprint density at radius 1 is 1.18 bits per heavy atom. The van der Waals surface area contributed by atoms with E-state index in [9.17, 15) is 13.2 Å². The Kier molecular flexibility index (Phi) is 6.19. The Hall–Kier alpha value is -0.700. The van der Waals surface area contributed by atoms with Gasteiger partial charge in [-0.1, -0.05) is 13.8 Å². The highest BCUT2D eigenvalue weighted by Crippen LogP contribution is 2.15. The first-order chi connectivity index (χ1) is 10.4. The first-order valence-corrected chi connectivity index (χ1v) is 9.45. The standard InChI is InChI=1S/C14H27N3O4S/c1-12(2)11-14(18)16-5-3-13(4-6-16)15-22(19,20)17-7-9-21-10-8-17/h12-13,15H,3-11H2,1-2H3. The number of carbonyl (C=O) groups is 1. The van der Waals surface area contributed by atoms with Gasteiger partial charge in [0.05, 0.1) is 13.2 Å². The van der Waals surface area contributed by atoms with Crippen molar-refractivity contribution in [2.75, 3.05) is 39.4 Å². The molecular weight excluding hydrogens is 306 g/mol. The first-order valence-electron chi connectivity index (χ1n) is 8.01. The lowest BCUT2D eigenvalue weighted by Crippen LogP contribution is -2.52. The maximum Gasteiger partial charge on any atom is 0.279 e. The van der Waals surface area contributed by atoms with Crippen molar-refractivity contribution >= 4 is 16.1 Å². The fourth-order valence-corrected chi connectivity index (χ4v) is 4.23. The number of nitrogens with zero attached hydrogens (tertiary/aromatic N) is 2. The molecule has 0 aromatic carbocycles. The van der Waals surface area contributed by atoms with Crippen LogP contribution in [0.5, 0.6) is 0 Å². The van der Waals surface area contributed by atoms with Crippen LogP contribution >= 0.6 is 0 Å². The van der Waals surface area contributed by atoms with Crippen LogP contribution in [0.1, 0.15) is 33.1 Å². The Bertz CT molecular complexity index is 466. The molecule has 0 atom stereocenters. The van der Waals surface area contributed by atoms with Gasteiger partial charge in [-0.15, -0.1) is 0 Å². The highest BCUT2D eigenvalue weighted by Gasteiger charge is 2.30. The maximum absolute atomic E-state index is 12.3. The number of hydrogen-bond donors (Lipinski definition) is 1. The zero-order valence-corrected chi connectivity index (χ0v) is 14.3. The van der Waals surface area contributed by atoms with Gasteiger partial charge in [-0.2, -0.15) is 17.4 Å². The summed E-state index contributed by atoms with van der Waals surface area (Å²) in [4.78, 5) is 13.9. The van der Waals surface area contributed by atoms with Crippen LogP contribution in [-0.2, 0) is 19.7 Å². The van der Waals surface area contributed by atoms with Crippen LogP contribution in [0.3, 0.4) is 0 Å². The molecule has 0 aromatic heterocycles. The highest BCUT2D eigenvalue weighted by molar-refractivity contribution is 7.87. The summed E-state index contributed by atoms with van der Waals surface area (Å²) in [5.41, 5.74) is 0. The van der Waals surface area contributed by atoms with Crippen LogP contribution in [0.4, 0.5) is 0 Å². The summed E-state index contributed by atoms with van der Waals surface area (Å²) in [7, 11) is -3.44. The van der Waals surface area contributed by atoms with Gasteiger partial charge in [-0.05, 0) is 18.8 Å². The SMILES string of the molecule is CC(C)CC(=O)N1CCC(NS(=O)(=O)N2CCOCC2)CC1. The third kappa shape index (κ3) is 4.91. The highest BCUT2D eigenvalue weighted by atomic mass is 32.2. The van der Waals surface area contributed by atoms with Crippen LogP contribution in [0.25, 0.3) is 0 Å². The number of nitrogens with one attached hydrogen (secondary N) is 1. The Labute approximate surface area is 133 Å². The van der Waals surface area contributed by atoms with Crippen molar-refractivity contribution < 1.29 is 17.9 Å². The summed E-state index contributed by atoms with van der Waals surface area (Å²) >= 11 is 0. The molecule has 128 valence electrons. The summed E-state index contributed by atoms with van der Waals surface area (Å²) in [5, 5.41) is 0. The predicted octanol–water partition coefficient (Wildman–Crippen LogP) is 0.190. The van der Waals surface area contributed by atoms with Crippen molar-refractivity contribution in [3.8, 4) is 0 Å². The summed E-state index contributed by atoms with van der Waals surface area (Å²) in [6.07, 6.45) is 1.91. The molecule has 0 saturated carbocycles. The topological polar surface area (TPSA) is 79.0 Å². The smallest absolute Gasteiger partial charge is 0.279 e. The van der Waals surface area contributed by atoms with Gasteiger partial charge in [0.1, 0.15) is 0 Å². The monoisotopic (exact) mass is 333 g/mol. The van der Waals surface area contributed by atoms with E-state index in [1.807, 2.05) is 18.7 Å². The third-order valence-electron chi connectivity index (χ3n) is 4.06. The lowest BCUT2D eigenvalue weighted by Gasteiger charge is -2.34. The molecule has 7 nitrogen and oxygen atoms in total. The Morgan fingerprint density at radius 3 is 2.32 bits per heavy atom. The molecule has 2 aliphatic heterocycles. The molecule has 0 spiro atoms. The molecule has 0 aromatic rings. The van der Waals surface area contributed by atoms with Crippen molar-refractivity contribution in [3.05, 3.63) is 0 Å². The molecule has 0 aliphatic carbocycles. The van der Waals surface area contributed by atoms with Crippen LogP contribution in [-0.4, -0.2) is 69.0 Å². The van der Waals surface area contributed by atoms with Crippen LogP contribution < -0.4 is 4.72 Å². The third-order valence-corrected chi connectivity index (χ3v) is 5.73. The van der Waals surface area contributed by atoms with E-state index in [-0.39, 0.29) is 11.9 Å². The molecule has 1 N–H and O–H groups in total. The van der Waals surface area contributed by atoms with Gasteiger partial charge in [0.25, 0.3) is 10.2 Å². The van der Waals surface area contributed by atoms with Crippen molar-refractivity contribution in [3.63, 3.8) is 0 Å². The van der Waals surface area contributed by atoms with E-state index in [0.29, 0.717) is 64.6 Å². The van der Waals surface area contributed by atoms with E-state index in [0.717, 1.165) is 0 Å². The van der Waals surface area contributed by atoms with E-state index in [1.165, 1.54) is 4.31 Å². The Morgan fingerprint density at radius 2 is 1.77 bits per heavy atom. The number of amides is 1. The first kappa shape index (κ1) is 17.7. The lowest BCUT2D eigenvalue weighted by atomic mass is 10.0. The average Bonchev–Trinajstić information content (AvgIpc) is 2.48. The quantitative estimate of drug-likeness (QED) is 0.779. The maximum atomic E-state index is 12.3. The molecule has 2 fully saturated rings. The minimum Gasteiger partial charge on any atom is -0.379 e. The molecular formula is C14H27N3O4S. The summed E-state index contributed by atoms with van der Waals surface area (Å²) in [6, 6.07) is -0.0871. The fourth-order valence-electron chi connectivity index (χ4n) is 2.80. The van der Waals surface area contributed by atoms with E-state index < -0.39 is 10.2 Å². The van der Waals surface area contributed by atoms with Gasteiger partial charge in [0, 0.05) is 38.6 Å². The van der Waals surface area contributed by atoms with Crippen molar-refractivity contribution in [2.45, 2.75) is 39.2 Å². The number of ether oxygens (including phenoxy) is 1. The summed E-state index contributed by atoms with van der Waals surface area (Å²) < 4.78 is 34.0. The largest absolute Gasteiger partial charge is 0.379 e. The summed E-state index contributed by atoms with van der Waals surface area (Å²) in [5.74, 6) is 0.523. The number of rotatable bonds is 5. The zero-order chi connectivity index (χ0) is 16.2. The van der Waals surface area contributed by atoms with Crippen molar-refractivity contribution in [1.82, 2.24) is 13.9 Å². The van der Waals surface area contributed by atoms with Gasteiger partial charge >= 0.3 is 0 Å². The number of morpholine rings is 1. The molecule has 2 saturated heterocycles. The van der Waals surface area contributed by atoms with Gasteiger partial charge in [0.15, 0.2) is 0 Å². The van der Waals surface area contributed by atoms with Gasteiger partial charge in [-0.25, -0.2) is 0 Å². The molecule has 0 bridgehead atoms. The second kappa shape index (κ2) is 7.72. The molecule has 0 radical (unpaired) electrons. The lowest BCUT2D eigenvalue weighted by molar-refractivity contribution is -0.133. The van der Waals surface area contributed by atoms with Gasteiger partial charge in [0.2, 0.25) is 5.91 Å². The molecule has 8 heteroatoms. The van der Waals surface area contributed by atoms with E-state index in [4.69, 9.17) is 4.74 Å². The van der Waals surface area contributed by atoms with Crippen LogP contribution in [0.15, 0.2) is 0 Å². The Balaban J connectivity index is 1.80. The second-order valence-corrected chi connectivity index (χ2v) is 8.09. The van der Waals surface area contributed by atoms with Crippen molar-refractivity contribution in [2.24, 2.45) is 5.92 Å². The van der Waals surface area contributed by atoms with Crippen molar-refractivity contribution in [1.29, 1.82) is 0 Å². The number of carbonyl (C=O) groups excluding carboxylic acids is 1. The minimum absolute atomic E-state index is 0.0871. The molecule has 2 aliphatic rings. The van der Waals surface area contributed by atoms with Crippen LogP contribution in [0.2, 0.25) is 0 Å². The number of piperidine rings is 1. The van der Waals surface area contributed by atoms with Gasteiger partial charge in [-0.3, -0.25) is 4.79 Å². The van der Waals surface area contributed by atoms with E-state index in [2.05, 4.69) is 4.72 Å². The van der Waals surface area contributed by atoms with Gasteiger partial charge < -0.3 is 9.64 Å². The molecule has 2 heterocycles. The van der Waals surface area contributed by atoms with Crippen LogP contribution in [0, 0.1) is 5.92 Å². The minimum atomic E-state index is -3.44. The second-order valence-electron chi connectivity index (χ2n) is 6.39. The zero-order valence-electron chi connectivity index (χ0n) is 13.5. The molecule has 1 amide bonds. The predicted molar refractivity (Wildman–Crippen MR) is 83.5 cm³/mol. The number of likely N-dealkylation sites (tertiary alicyclic amines) is 1. The normalized spacial score (nSPS) is 22.2. The molecule has 2 rings (SSSR count). The van der Waals surface area contributed by atoms with E-state index >= 15 is 0 Å². The average molecular weight is 333 g/mol. The summed E-state index contributed by atoms with van der Waals surface area (Å²) in [6.45, 7) is 7.01.